The molecule has 0 aliphatic heterocycles. The van der Waals surface area contributed by atoms with Crippen LogP contribution < -0.4 is 0 Å². The molecule has 1 heteroatoms. The van der Waals surface area contributed by atoms with E-state index in [1.54, 1.807) is 13.3 Å². The number of hydrogen-bond donors (Lipinski definition) is 0. The van der Waals surface area contributed by atoms with Gasteiger partial charge in [-0.3, -0.25) is 0 Å². The molecule has 0 aliphatic carbocycles. The normalized spacial score (nSPS) is 10.8. The summed E-state index contributed by atoms with van der Waals surface area (Å²) >= 11 is -1.56. The van der Waals surface area contributed by atoms with Crippen LogP contribution in [0.5, 0.6) is 0 Å². The number of unbranched alkanes of at least 4 members (excludes halogenated alkanes) is 3. The topological polar surface area (TPSA) is 0 Å². The second-order valence-corrected chi connectivity index (χ2v) is 20.9. The van der Waals surface area contributed by atoms with Crippen LogP contribution in [0.2, 0.25) is 18.2 Å². The van der Waals surface area contributed by atoms with Crippen LogP contribution in [-0.2, 0) is 0 Å². The van der Waals surface area contributed by atoms with Gasteiger partial charge in [-0.15, -0.1) is 0 Å². The fraction of sp³-hybridized carbons (Fsp3) is 0.684. The zero-order valence-electron chi connectivity index (χ0n) is 14.3. The van der Waals surface area contributed by atoms with E-state index in [1.165, 1.54) is 38.5 Å². The van der Waals surface area contributed by atoms with Gasteiger partial charge in [-0.1, -0.05) is 36.4 Å². The van der Waals surface area contributed by atoms with Crippen LogP contribution in [0, 0.1) is 0 Å². The van der Waals surface area contributed by atoms with E-state index in [9.17, 15) is 0 Å². The van der Waals surface area contributed by atoms with Gasteiger partial charge >= 0.3 is 95.9 Å². The number of rotatable bonds is 9. The third kappa shape index (κ3) is 11.8. The second kappa shape index (κ2) is 14.0. The molecule has 1 rings (SSSR count). The molecule has 0 unspecified atom stereocenters. The Morgan fingerprint density at radius 1 is 0.550 bits per heavy atom. The summed E-state index contributed by atoms with van der Waals surface area (Å²) in [5.74, 6) is 0. The summed E-state index contributed by atoms with van der Waals surface area (Å²) in [5, 5.41) is 0. The summed E-state index contributed by atoms with van der Waals surface area (Å²) in [6.07, 6.45) is 8.76. The fourth-order valence-corrected chi connectivity index (χ4v) is 15.0. The van der Waals surface area contributed by atoms with E-state index in [2.05, 4.69) is 25.7 Å². The Morgan fingerprint density at radius 2 is 0.800 bits per heavy atom. The Labute approximate surface area is 132 Å². The van der Waals surface area contributed by atoms with Crippen molar-refractivity contribution in [1.29, 1.82) is 0 Å². The molecule has 1 aromatic carbocycles. The van der Waals surface area contributed by atoms with Crippen molar-refractivity contribution in [3.05, 3.63) is 36.4 Å². The molecule has 0 aromatic heterocycles. The van der Waals surface area contributed by atoms with Crippen LogP contribution in [-0.4, -0.2) is 18.4 Å². The molecule has 0 aliphatic rings. The Hall–Kier alpha value is 0.0187. The van der Waals surface area contributed by atoms with Gasteiger partial charge in [0.05, 0.1) is 0 Å². The molecule has 0 saturated heterocycles. The molecule has 116 valence electrons. The maximum Gasteiger partial charge on any atom is -0.0623 e. The molecule has 1 aromatic rings. The van der Waals surface area contributed by atoms with E-state index in [0.29, 0.717) is 0 Å². The first-order valence-electron chi connectivity index (χ1n) is 8.68. The first kappa shape index (κ1) is 20.0. The van der Waals surface area contributed by atoms with Crippen LogP contribution in [0.4, 0.5) is 0 Å². The van der Waals surface area contributed by atoms with Crippen molar-refractivity contribution in [3.8, 4) is 0 Å². The molecule has 0 radical (unpaired) electrons. The summed E-state index contributed by atoms with van der Waals surface area (Å²) in [5.41, 5.74) is 0. The molecule has 0 atom stereocenters. The van der Waals surface area contributed by atoms with Gasteiger partial charge in [-0.25, -0.2) is 0 Å². The Balaban J connectivity index is 0.000000493. The molecule has 0 N–H and O–H groups in total. The molecule has 0 amide bonds. The monoisotopic (exact) mass is 384 g/mol. The molecule has 20 heavy (non-hydrogen) atoms. The van der Waals surface area contributed by atoms with Crippen LogP contribution in [0.3, 0.4) is 0 Å². The van der Waals surface area contributed by atoms with Gasteiger partial charge in [0, 0.05) is 0 Å². The Morgan fingerprint density at radius 3 is 1.00 bits per heavy atom. The quantitative estimate of drug-likeness (QED) is 0.397. The van der Waals surface area contributed by atoms with E-state index in [0.717, 1.165) is 0 Å². The molecule has 0 fully saturated rings. The molecule has 0 nitrogen and oxygen atoms in total. The molecular weight excluding hydrogens is 347 g/mol. The predicted octanol–water partition coefficient (Wildman–Crippen LogP) is 7.15. The molecule has 0 heterocycles. The Kier molecular flexibility index (Phi) is 14.0. The van der Waals surface area contributed by atoms with Crippen molar-refractivity contribution in [2.24, 2.45) is 0 Å². The number of benzene rings is 1. The van der Waals surface area contributed by atoms with Gasteiger partial charge in [0.15, 0.2) is 0 Å². The van der Waals surface area contributed by atoms with Gasteiger partial charge < -0.3 is 0 Å². The minimum absolute atomic E-state index is 1.41. The van der Waals surface area contributed by atoms with Crippen molar-refractivity contribution >= 4 is 18.4 Å². The summed E-state index contributed by atoms with van der Waals surface area (Å²) in [6.45, 7) is 7.02. The largest absolute Gasteiger partial charge is 0.0623 e. The van der Waals surface area contributed by atoms with E-state index < -0.39 is 18.4 Å². The van der Waals surface area contributed by atoms with Crippen molar-refractivity contribution < 1.29 is 0 Å². The van der Waals surface area contributed by atoms with E-state index in [4.69, 9.17) is 0 Å². The average molecular weight is 383 g/mol. The summed E-state index contributed by atoms with van der Waals surface area (Å²) in [7, 11) is 0. The van der Waals surface area contributed by atoms with Crippen molar-refractivity contribution in [1.82, 2.24) is 0 Å². The summed E-state index contributed by atoms with van der Waals surface area (Å²) < 4.78 is 4.97. The standard InChI is InChI=1S/C6H6.3C4H9.CH3.Sn/c1-2-4-6-5-3-1;3*1-3-4-2;;/h1-6H;3*1,3-4H2,2H3;1H3;. The van der Waals surface area contributed by atoms with Crippen LogP contribution in [0.15, 0.2) is 36.4 Å². The van der Waals surface area contributed by atoms with E-state index in [1.807, 2.05) is 36.4 Å². The van der Waals surface area contributed by atoms with Gasteiger partial charge in [-0.2, -0.15) is 0 Å². The van der Waals surface area contributed by atoms with Gasteiger partial charge in [0.2, 0.25) is 0 Å². The fourth-order valence-electron chi connectivity index (χ4n) is 2.57. The van der Waals surface area contributed by atoms with Crippen molar-refractivity contribution in [3.63, 3.8) is 0 Å². The van der Waals surface area contributed by atoms with Crippen LogP contribution >= 0.6 is 0 Å². The second-order valence-electron chi connectivity index (χ2n) is 6.28. The maximum atomic E-state index is 2.72. The van der Waals surface area contributed by atoms with Gasteiger partial charge in [0.1, 0.15) is 0 Å². The van der Waals surface area contributed by atoms with Gasteiger partial charge in [-0.05, 0) is 0 Å². The third-order valence-electron chi connectivity index (χ3n) is 4.07. The van der Waals surface area contributed by atoms with Crippen molar-refractivity contribution in [2.75, 3.05) is 0 Å². The smallest absolute Gasteiger partial charge is 0.0623 e. The molecular formula is C19H36Sn. The zero-order valence-corrected chi connectivity index (χ0v) is 17.2. The van der Waals surface area contributed by atoms with Gasteiger partial charge in [0.25, 0.3) is 0 Å². The van der Waals surface area contributed by atoms with E-state index in [-0.39, 0.29) is 0 Å². The summed E-state index contributed by atoms with van der Waals surface area (Å²) in [4.78, 5) is 2.72. The molecule has 0 saturated carbocycles. The first-order chi connectivity index (χ1) is 9.68. The average Bonchev–Trinajstić information content (AvgIpc) is 2.51. The van der Waals surface area contributed by atoms with Crippen molar-refractivity contribution in [2.45, 2.75) is 77.5 Å². The molecule has 0 spiro atoms. The van der Waals surface area contributed by atoms with E-state index >= 15 is 0 Å². The summed E-state index contributed by atoms with van der Waals surface area (Å²) in [6, 6.07) is 12.0. The number of hydrogen-bond acceptors (Lipinski definition) is 0. The maximum absolute atomic E-state index is 2.72. The zero-order chi connectivity index (χ0) is 15.1. The van der Waals surface area contributed by atoms with Crippen LogP contribution in [0.1, 0.15) is 59.3 Å². The minimum Gasteiger partial charge on any atom is -0.0623 e. The minimum atomic E-state index is -1.56. The molecule has 0 bridgehead atoms. The van der Waals surface area contributed by atoms with Crippen LogP contribution in [0.25, 0.3) is 0 Å². The SMILES string of the molecule is CCC[CH2][Sn]([CH3])([CH2]CCC)[CH2]CCC.c1ccccc1. The first-order valence-corrected chi connectivity index (χ1v) is 17.6. The third-order valence-corrected chi connectivity index (χ3v) is 17.4. The predicted molar refractivity (Wildman–Crippen MR) is 97.2 cm³/mol. The Bertz CT molecular complexity index is 233.